The Hall–Kier alpha value is -1.10. The quantitative estimate of drug-likeness (QED) is 0.545. The van der Waals surface area contributed by atoms with Crippen LogP contribution in [0, 0.1) is 0 Å². The highest BCUT2D eigenvalue weighted by molar-refractivity contribution is 5.83. The first-order chi connectivity index (χ1) is 6.68. The lowest BCUT2D eigenvalue weighted by Crippen LogP contribution is -2.46. The van der Waals surface area contributed by atoms with Crippen molar-refractivity contribution < 1.29 is 9.59 Å². The third kappa shape index (κ3) is 4.23. The fraction of sp³-hybridized carbons (Fsp3) is 0.778. The second-order valence-electron chi connectivity index (χ2n) is 3.50. The molecule has 1 aliphatic rings. The number of amides is 2. The number of hydrogen-bond donors (Lipinski definition) is 3. The van der Waals surface area contributed by atoms with Crippen LogP contribution in [0.5, 0.6) is 0 Å². The maximum absolute atomic E-state index is 11.3. The summed E-state index contributed by atoms with van der Waals surface area (Å²) in [6.07, 6.45) is 1.93. The van der Waals surface area contributed by atoms with Crippen molar-refractivity contribution in [3.63, 3.8) is 0 Å². The molecule has 0 aromatic heterocycles. The van der Waals surface area contributed by atoms with Crippen LogP contribution in [0.2, 0.25) is 0 Å². The van der Waals surface area contributed by atoms with E-state index >= 15 is 0 Å². The molecule has 0 aromatic carbocycles. The first-order valence-corrected chi connectivity index (χ1v) is 4.93. The summed E-state index contributed by atoms with van der Waals surface area (Å²) in [4.78, 5) is 21.8. The van der Waals surface area contributed by atoms with Gasteiger partial charge in [0.15, 0.2) is 0 Å². The Balaban J connectivity index is 2.15. The number of rotatable bonds is 3. The fourth-order valence-electron chi connectivity index (χ4n) is 1.45. The van der Waals surface area contributed by atoms with E-state index in [1.54, 1.807) is 0 Å². The van der Waals surface area contributed by atoms with Gasteiger partial charge in [0.25, 0.3) is 0 Å². The summed E-state index contributed by atoms with van der Waals surface area (Å²) >= 11 is 0. The van der Waals surface area contributed by atoms with Crippen LogP contribution in [-0.2, 0) is 9.59 Å². The van der Waals surface area contributed by atoms with Gasteiger partial charge in [0.05, 0.1) is 6.54 Å². The molecule has 0 atom stereocenters. The van der Waals surface area contributed by atoms with Crippen molar-refractivity contribution in [3.05, 3.63) is 0 Å². The molecule has 0 aromatic rings. The van der Waals surface area contributed by atoms with E-state index in [1.165, 1.54) is 6.92 Å². The molecule has 0 unspecified atom stereocenters. The molecular weight excluding hydrogens is 182 g/mol. The summed E-state index contributed by atoms with van der Waals surface area (Å²) in [7, 11) is 0. The van der Waals surface area contributed by atoms with E-state index in [2.05, 4.69) is 16.0 Å². The van der Waals surface area contributed by atoms with E-state index in [0.717, 1.165) is 25.9 Å². The van der Waals surface area contributed by atoms with Gasteiger partial charge in [-0.3, -0.25) is 9.59 Å². The summed E-state index contributed by atoms with van der Waals surface area (Å²) in [6, 6.07) is 0.262. The first-order valence-electron chi connectivity index (χ1n) is 4.93. The zero-order valence-electron chi connectivity index (χ0n) is 8.43. The molecule has 0 bridgehead atoms. The van der Waals surface area contributed by atoms with Crippen molar-refractivity contribution in [2.75, 3.05) is 19.6 Å². The van der Waals surface area contributed by atoms with Crippen LogP contribution in [0.1, 0.15) is 19.8 Å². The Labute approximate surface area is 83.6 Å². The van der Waals surface area contributed by atoms with Crippen LogP contribution in [-0.4, -0.2) is 37.5 Å². The monoisotopic (exact) mass is 199 g/mol. The zero-order valence-corrected chi connectivity index (χ0v) is 8.43. The summed E-state index contributed by atoms with van der Waals surface area (Å²) in [5.41, 5.74) is 0. The van der Waals surface area contributed by atoms with Crippen molar-refractivity contribution in [1.29, 1.82) is 0 Å². The maximum atomic E-state index is 11.3. The van der Waals surface area contributed by atoms with Gasteiger partial charge in [-0.15, -0.1) is 0 Å². The van der Waals surface area contributed by atoms with E-state index in [4.69, 9.17) is 0 Å². The van der Waals surface area contributed by atoms with E-state index < -0.39 is 0 Å². The topological polar surface area (TPSA) is 70.2 Å². The van der Waals surface area contributed by atoms with Crippen LogP contribution in [0.25, 0.3) is 0 Å². The highest BCUT2D eigenvalue weighted by Crippen LogP contribution is 2.00. The molecule has 0 saturated carbocycles. The van der Waals surface area contributed by atoms with Gasteiger partial charge in [0, 0.05) is 13.0 Å². The van der Waals surface area contributed by atoms with Gasteiger partial charge in [-0.05, 0) is 25.9 Å². The lowest BCUT2D eigenvalue weighted by molar-refractivity contribution is -0.125. The highest BCUT2D eigenvalue weighted by atomic mass is 16.2. The summed E-state index contributed by atoms with van der Waals surface area (Å²) in [5.74, 6) is -0.280. The Morgan fingerprint density at radius 2 is 2.00 bits per heavy atom. The van der Waals surface area contributed by atoms with Crippen LogP contribution in [0.3, 0.4) is 0 Å². The molecule has 0 aliphatic carbocycles. The lowest BCUT2D eigenvalue weighted by Gasteiger charge is -2.23. The minimum atomic E-state index is -0.175. The summed E-state index contributed by atoms with van der Waals surface area (Å²) in [6.45, 7) is 3.38. The van der Waals surface area contributed by atoms with Crippen molar-refractivity contribution in [2.24, 2.45) is 0 Å². The van der Waals surface area contributed by atoms with Crippen molar-refractivity contribution in [1.82, 2.24) is 16.0 Å². The second kappa shape index (κ2) is 5.59. The summed E-state index contributed by atoms with van der Waals surface area (Å²) in [5, 5.41) is 8.57. The van der Waals surface area contributed by atoms with Crippen molar-refractivity contribution in [3.8, 4) is 0 Å². The van der Waals surface area contributed by atoms with E-state index in [1.807, 2.05) is 0 Å². The SMILES string of the molecule is CC(=O)NCC(=O)NC1CCNCC1. The molecule has 5 nitrogen and oxygen atoms in total. The zero-order chi connectivity index (χ0) is 10.4. The van der Waals surface area contributed by atoms with E-state index in [9.17, 15) is 9.59 Å². The predicted molar refractivity (Wildman–Crippen MR) is 52.7 cm³/mol. The lowest BCUT2D eigenvalue weighted by atomic mass is 10.1. The standard InChI is InChI=1S/C9H17N3O2/c1-7(13)11-6-9(14)12-8-2-4-10-5-3-8/h8,10H,2-6H2,1H3,(H,11,13)(H,12,14). The molecule has 80 valence electrons. The molecule has 1 rings (SSSR count). The van der Waals surface area contributed by atoms with Crippen molar-refractivity contribution in [2.45, 2.75) is 25.8 Å². The molecule has 0 spiro atoms. The van der Waals surface area contributed by atoms with Crippen LogP contribution >= 0.6 is 0 Å². The third-order valence-corrected chi connectivity index (χ3v) is 2.20. The van der Waals surface area contributed by atoms with Crippen LogP contribution < -0.4 is 16.0 Å². The average molecular weight is 199 g/mol. The molecular formula is C9H17N3O2. The molecule has 0 radical (unpaired) electrons. The third-order valence-electron chi connectivity index (χ3n) is 2.20. The molecule has 14 heavy (non-hydrogen) atoms. The van der Waals surface area contributed by atoms with Gasteiger partial charge in [0.2, 0.25) is 11.8 Å². The molecule has 5 heteroatoms. The smallest absolute Gasteiger partial charge is 0.239 e. The molecule has 3 N–H and O–H groups in total. The summed E-state index contributed by atoms with van der Waals surface area (Å²) < 4.78 is 0. The van der Waals surface area contributed by atoms with Gasteiger partial charge in [-0.1, -0.05) is 0 Å². The number of hydrogen-bond acceptors (Lipinski definition) is 3. The Bertz CT molecular complexity index is 212. The second-order valence-corrected chi connectivity index (χ2v) is 3.50. The molecule has 1 saturated heterocycles. The van der Waals surface area contributed by atoms with Crippen LogP contribution in [0.4, 0.5) is 0 Å². The fourth-order valence-corrected chi connectivity index (χ4v) is 1.45. The number of piperidine rings is 1. The average Bonchev–Trinajstić information content (AvgIpc) is 2.16. The van der Waals surface area contributed by atoms with Gasteiger partial charge < -0.3 is 16.0 Å². The first kappa shape index (κ1) is 11.0. The van der Waals surface area contributed by atoms with Gasteiger partial charge >= 0.3 is 0 Å². The number of nitrogens with one attached hydrogen (secondary N) is 3. The van der Waals surface area contributed by atoms with Crippen molar-refractivity contribution >= 4 is 11.8 Å². The number of carbonyl (C=O) groups excluding carboxylic acids is 2. The Kier molecular flexibility index (Phi) is 4.39. The predicted octanol–water partition coefficient (Wildman–Crippen LogP) is -1.01. The van der Waals surface area contributed by atoms with Gasteiger partial charge in [-0.25, -0.2) is 0 Å². The number of carbonyl (C=O) groups is 2. The Morgan fingerprint density at radius 3 is 2.57 bits per heavy atom. The van der Waals surface area contributed by atoms with E-state index in [-0.39, 0.29) is 24.4 Å². The molecule has 2 amide bonds. The normalized spacial score (nSPS) is 17.5. The Morgan fingerprint density at radius 1 is 1.36 bits per heavy atom. The largest absolute Gasteiger partial charge is 0.352 e. The molecule has 1 heterocycles. The molecule has 1 aliphatic heterocycles. The maximum Gasteiger partial charge on any atom is 0.239 e. The van der Waals surface area contributed by atoms with E-state index in [0.29, 0.717) is 0 Å². The minimum absolute atomic E-state index is 0.0826. The highest BCUT2D eigenvalue weighted by Gasteiger charge is 2.14. The van der Waals surface area contributed by atoms with Crippen LogP contribution in [0.15, 0.2) is 0 Å². The molecule has 1 fully saturated rings. The minimum Gasteiger partial charge on any atom is -0.352 e. The van der Waals surface area contributed by atoms with Gasteiger partial charge in [0.1, 0.15) is 0 Å². The van der Waals surface area contributed by atoms with Gasteiger partial charge in [-0.2, -0.15) is 0 Å².